The summed E-state index contributed by atoms with van der Waals surface area (Å²) in [5, 5.41) is 5.31. The first-order valence-electron chi connectivity index (χ1n) is 4.72. The van der Waals surface area contributed by atoms with Crippen LogP contribution >= 0.6 is 39.7 Å². The average molecular weight is 347 g/mol. The van der Waals surface area contributed by atoms with E-state index in [9.17, 15) is 8.42 Å². The maximum absolute atomic E-state index is 11.2. The maximum atomic E-state index is 11.2. The lowest BCUT2D eigenvalue weighted by atomic mass is 10.2. The minimum atomic E-state index is -2.76. The Hall–Kier alpha value is 0.380. The predicted molar refractivity (Wildman–Crippen MR) is 73.2 cm³/mol. The highest BCUT2D eigenvalue weighted by atomic mass is 79.9. The fraction of sp³-hybridized carbons (Fsp3) is 0.556. The van der Waals surface area contributed by atoms with E-state index < -0.39 is 9.84 Å². The molecule has 1 aliphatic rings. The van der Waals surface area contributed by atoms with E-state index in [0.717, 1.165) is 17.4 Å². The fourth-order valence-electron chi connectivity index (χ4n) is 1.65. The molecule has 16 heavy (non-hydrogen) atoms. The summed E-state index contributed by atoms with van der Waals surface area (Å²) in [4.78, 5) is 1.23. The van der Waals surface area contributed by atoms with Gasteiger partial charge in [0.1, 0.15) is 0 Å². The van der Waals surface area contributed by atoms with Gasteiger partial charge in [0.2, 0.25) is 0 Å². The van der Waals surface area contributed by atoms with Crippen molar-refractivity contribution < 1.29 is 8.42 Å². The van der Waals surface area contributed by atoms with Gasteiger partial charge in [-0.25, -0.2) is 8.42 Å². The summed E-state index contributed by atoms with van der Waals surface area (Å²) in [6.07, 6.45) is 0.745. The first kappa shape index (κ1) is 14.4. The third-order valence-electron chi connectivity index (χ3n) is 2.42. The summed E-state index contributed by atoms with van der Waals surface area (Å²) < 4.78 is 23.5. The first-order chi connectivity index (χ1) is 7.05. The second-order valence-corrected chi connectivity index (χ2v) is 7.85. The average Bonchev–Trinajstić information content (AvgIpc) is 2.69. The van der Waals surface area contributed by atoms with Crippen LogP contribution in [0.2, 0.25) is 0 Å². The number of hydrogen-bond donors (Lipinski definition) is 1. The molecule has 2 rings (SSSR count). The summed E-state index contributed by atoms with van der Waals surface area (Å²) in [5.74, 6) is 0.623. The van der Waals surface area contributed by atoms with Gasteiger partial charge in [-0.2, -0.15) is 0 Å². The molecule has 1 aliphatic heterocycles. The highest BCUT2D eigenvalue weighted by molar-refractivity contribution is 9.10. The second-order valence-electron chi connectivity index (χ2n) is 3.71. The van der Waals surface area contributed by atoms with Gasteiger partial charge in [0.05, 0.1) is 11.5 Å². The van der Waals surface area contributed by atoms with Crippen LogP contribution in [0.5, 0.6) is 0 Å². The van der Waals surface area contributed by atoms with Crippen molar-refractivity contribution in [2.75, 3.05) is 11.5 Å². The van der Waals surface area contributed by atoms with Gasteiger partial charge < -0.3 is 5.32 Å². The van der Waals surface area contributed by atoms with Crippen LogP contribution in [0.25, 0.3) is 0 Å². The molecule has 1 aromatic heterocycles. The summed E-state index contributed by atoms with van der Waals surface area (Å²) in [5.41, 5.74) is 0. The van der Waals surface area contributed by atoms with Crippen LogP contribution in [-0.2, 0) is 16.4 Å². The Morgan fingerprint density at radius 3 is 2.81 bits per heavy atom. The molecule has 2 heterocycles. The van der Waals surface area contributed by atoms with Gasteiger partial charge in [0.25, 0.3) is 0 Å². The van der Waals surface area contributed by atoms with Crippen LogP contribution in [0, 0.1) is 0 Å². The quantitative estimate of drug-likeness (QED) is 0.913. The fourth-order valence-corrected chi connectivity index (χ4v) is 4.76. The molecular weight excluding hydrogens is 334 g/mol. The number of hydrogen-bond acceptors (Lipinski definition) is 4. The Morgan fingerprint density at radius 2 is 2.31 bits per heavy atom. The third-order valence-corrected chi connectivity index (χ3v) is 5.88. The molecule has 3 nitrogen and oxygen atoms in total. The van der Waals surface area contributed by atoms with Crippen LogP contribution in [0.1, 0.15) is 11.3 Å². The number of halogens is 2. The summed E-state index contributed by atoms with van der Waals surface area (Å²) >= 11 is 5.06. The molecule has 7 heteroatoms. The Morgan fingerprint density at radius 1 is 1.56 bits per heavy atom. The van der Waals surface area contributed by atoms with Gasteiger partial charge >= 0.3 is 0 Å². The van der Waals surface area contributed by atoms with E-state index in [4.69, 9.17) is 0 Å². The zero-order valence-corrected chi connectivity index (χ0v) is 12.5. The molecule has 1 N–H and O–H groups in total. The van der Waals surface area contributed by atoms with Crippen molar-refractivity contribution in [1.29, 1.82) is 0 Å². The highest BCUT2D eigenvalue weighted by Crippen LogP contribution is 2.20. The van der Waals surface area contributed by atoms with Crippen LogP contribution in [-0.4, -0.2) is 26.0 Å². The molecule has 1 fully saturated rings. The second kappa shape index (κ2) is 5.82. The number of nitrogens with one attached hydrogen (secondary N) is 1. The summed E-state index contributed by atoms with van der Waals surface area (Å²) in [7, 11) is -2.76. The lowest BCUT2D eigenvalue weighted by Crippen LogP contribution is -2.29. The van der Waals surface area contributed by atoms with E-state index in [2.05, 4.69) is 27.3 Å². The van der Waals surface area contributed by atoms with Crippen molar-refractivity contribution in [1.82, 2.24) is 5.32 Å². The number of sulfone groups is 1. The van der Waals surface area contributed by atoms with Gasteiger partial charge in [-0.1, -0.05) is 0 Å². The predicted octanol–water partition coefficient (Wildman–Crippen LogP) is 2.21. The standard InChI is InChI=1S/C9H12BrNO2S2.ClH/c10-7-3-9(14-5-7)4-11-8-1-2-15(12,13)6-8;/h3,5,8,11H,1-2,4,6H2;1H. The highest BCUT2D eigenvalue weighted by Gasteiger charge is 2.27. The van der Waals surface area contributed by atoms with Crippen molar-refractivity contribution in [2.45, 2.75) is 19.0 Å². The summed E-state index contributed by atoms with van der Waals surface area (Å²) in [6.45, 7) is 0.760. The molecular formula is C9H13BrClNO2S2. The molecule has 0 spiro atoms. The van der Waals surface area contributed by atoms with Gasteiger partial charge in [-0.3, -0.25) is 0 Å². The molecule has 1 unspecified atom stereocenters. The van der Waals surface area contributed by atoms with E-state index in [-0.39, 0.29) is 18.4 Å². The van der Waals surface area contributed by atoms with Crippen LogP contribution in [0.4, 0.5) is 0 Å². The summed E-state index contributed by atoms with van der Waals surface area (Å²) in [6, 6.07) is 2.19. The van der Waals surface area contributed by atoms with Crippen LogP contribution < -0.4 is 5.32 Å². The number of rotatable bonds is 3. The van der Waals surface area contributed by atoms with Crippen LogP contribution in [0.15, 0.2) is 15.9 Å². The normalized spacial score (nSPS) is 22.9. The topological polar surface area (TPSA) is 46.2 Å². The van der Waals surface area contributed by atoms with E-state index in [1.54, 1.807) is 11.3 Å². The minimum Gasteiger partial charge on any atom is -0.308 e. The molecule has 1 saturated heterocycles. The maximum Gasteiger partial charge on any atom is 0.151 e. The van der Waals surface area contributed by atoms with E-state index in [1.807, 2.05) is 5.38 Å². The zero-order chi connectivity index (χ0) is 10.9. The molecule has 1 aromatic rings. The van der Waals surface area contributed by atoms with Gasteiger partial charge in [-0.15, -0.1) is 23.7 Å². The molecule has 1 atom stereocenters. The SMILES string of the molecule is Cl.O=S1(=O)CCC(NCc2cc(Br)cs2)C1. The van der Waals surface area contributed by atoms with E-state index >= 15 is 0 Å². The Balaban J connectivity index is 0.00000128. The molecule has 0 bridgehead atoms. The van der Waals surface area contributed by atoms with Crippen molar-refractivity contribution >= 4 is 49.5 Å². The van der Waals surface area contributed by atoms with Crippen molar-refractivity contribution in [2.24, 2.45) is 0 Å². The Bertz CT molecular complexity index is 446. The van der Waals surface area contributed by atoms with Gasteiger partial charge in [-0.05, 0) is 28.4 Å². The van der Waals surface area contributed by atoms with E-state index in [1.165, 1.54) is 4.88 Å². The van der Waals surface area contributed by atoms with Crippen molar-refractivity contribution in [3.05, 3.63) is 20.8 Å². The smallest absolute Gasteiger partial charge is 0.151 e. The zero-order valence-electron chi connectivity index (χ0n) is 8.48. The largest absolute Gasteiger partial charge is 0.308 e. The third kappa shape index (κ3) is 4.00. The van der Waals surface area contributed by atoms with Gasteiger partial charge in [0.15, 0.2) is 9.84 Å². The van der Waals surface area contributed by atoms with Gasteiger partial charge in [0, 0.05) is 27.3 Å². The molecule has 0 saturated carbocycles. The lowest BCUT2D eigenvalue weighted by Gasteiger charge is -2.08. The van der Waals surface area contributed by atoms with Crippen molar-refractivity contribution in [3.63, 3.8) is 0 Å². The monoisotopic (exact) mass is 345 g/mol. The lowest BCUT2D eigenvalue weighted by molar-refractivity contribution is 0.557. The Labute approximate surface area is 114 Å². The molecule has 0 aliphatic carbocycles. The number of thiophene rings is 1. The van der Waals surface area contributed by atoms with Crippen LogP contribution in [0.3, 0.4) is 0 Å². The first-order valence-corrected chi connectivity index (χ1v) is 8.21. The Kier molecular flexibility index (Phi) is 5.25. The minimum absolute atomic E-state index is 0. The molecule has 0 amide bonds. The van der Waals surface area contributed by atoms with Crippen molar-refractivity contribution in [3.8, 4) is 0 Å². The molecule has 0 radical (unpaired) electrons. The molecule has 92 valence electrons. The molecule has 0 aromatic carbocycles. The van der Waals surface area contributed by atoms with E-state index in [0.29, 0.717) is 11.5 Å².